The number of nitrogens with zero attached hydrogens (tertiary/aromatic N) is 1. The molecular weight excluding hydrogens is 289 g/mol. The van der Waals surface area contributed by atoms with Crippen molar-refractivity contribution in [1.82, 2.24) is 10.1 Å². The minimum absolute atomic E-state index is 0.473. The molecule has 1 aromatic carbocycles. The Balaban J connectivity index is 1.93. The molecule has 6 heteroatoms. The van der Waals surface area contributed by atoms with Crippen LogP contribution >= 0.6 is 0 Å². The molecule has 23 heavy (non-hydrogen) atoms. The zero-order chi connectivity index (χ0) is 16.4. The first-order chi connectivity index (χ1) is 11.1. The Hall–Kier alpha value is -2.44. The van der Waals surface area contributed by atoms with Gasteiger partial charge in [-0.1, -0.05) is 26.0 Å². The first kappa shape index (κ1) is 15.5. The Kier molecular flexibility index (Phi) is 4.27. The number of hydrogen-bond donors (Lipinski definition) is 4. The van der Waals surface area contributed by atoms with E-state index in [2.05, 4.69) is 36.6 Å². The summed E-state index contributed by atoms with van der Waals surface area (Å²) >= 11 is 0. The fourth-order valence-electron chi connectivity index (χ4n) is 2.58. The van der Waals surface area contributed by atoms with Gasteiger partial charge in [-0.15, -0.1) is 0 Å². The molecule has 5 nitrogen and oxygen atoms in total. The average Bonchev–Trinajstić information content (AvgIpc) is 2.55. The maximum atomic E-state index is 9.63. The van der Waals surface area contributed by atoms with Crippen LogP contribution in [0.3, 0.4) is 0 Å². The Morgan fingerprint density at radius 3 is 2.52 bits per heavy atom. The van der Waals surface area contributed by atoms with E-state index in [0.717, 1.165) is 16.8 Å². The number of hydrogen-bond acceptors (Lipinski definition) is 5. The molecule has 0 bridgehead atoms. The minimum Gasteiger partial charge on any atom is -0.407 e. The lowest BCUT2D eigenvalue weighted by molar-refractivity contribution is 0.339. The zero-order valence-electron chi connectivity index (χ0n) is 13.2. The maximum Gasteiger partial charge on any atom is 0.593 e. The molecule has 118 valence electrons. The monoisotopic (exact) mass is 309 g/mol. The van der Waals surface area contributed by atoms with Crippen molar-refractivity contribution < 1.29 is 10.0 Å². The lowest BCUT2D eigenvalue weighted by atomic mass is 9.96. The highest BCUT2D eigenvalue weighted by atomic mass is 16.4. The summed E-state index contributed by atoms with van der Waals surface area (Å²) in [7, 11) is -1.61. The second-order valence-corrected chi connectivity index (χ2v) is 5.83. The second-order valence-electron chi connectivity index (χ2n) is 5.83. The average molecular weight is 309 g/mol. The van der Waals surface area contributed by atoms with E-state index in [1.54, 1.807) is 6.20 Å². The largest absolute Gasteiger partial charge is 0.593 e. The predicted molar refractivity (Wildman–Crippen MR) is 92.7 cm³/mol. The third kappa shape index (κ3) is 3.18. The molecule has 2 aliphatic heterocycles. The standard InChI is InChI=1S/C17H20BN3O2/c1-12(2)13-3-5-15(6-4-13)20-17-16-7-9-19-11-14(16)8-10-21(17)18(22)23/h3-12,19-20,22-23H,1-2H3. The third-order valence-corrected chi connectivity index (χ3v) is 3.91. The molecule has 0 atom stereocenters. The van der Waals surface area contributed by atoms with Crippen LogP contribution in [0, 0.1) is 0 Å². The van der Waals surface area contributed by atoms with E-state index in [-0.39, 0.29) is 0 Å². The topological polar surface area (TPSA) is 67.8 Å². The molecule has 0 saturated heterocycles. The molecule has 3 rings (SSSR count). The summed E-state index contributed by atoms with van der Waals surface area (Å²) < 4.78 is 0. The van der Waals surface area contributed by atoms with Gasteiger partial charge in [0.25, 0.3) is 0 Å². The maximum absolute atomic E-state index is 9.63. The molecule has 0 unspecified atom stereocenters. The fourth-order valence-corrected chi connectivity index (χ4v) is 2.58. The van der Waals surface area contributed by atoms with Crippen molar-refractivity contribution in [3.8, 4) is 0 Å². The first-order valence-corrected chi connectivity index (χ1v) is 7.63. The molecule has 0 amide bonds. The summed E-state index contributed by atoms with van der Waals surface area (Å²) in [5.74, 6) is 1.10. The van der Waals surface area contributed by atoms with Crippen molar-refractivity contribution in [2.45, 2.75) is 19.8 Å². The Morgan fingerprint density at radius 2 is 1.87 bits per heavy atom. The molecule has 2 aliphatic rings. The van der Waals surface area contributed by atoms with Gasteiger partial charge < -0.3 is 25.5 Å². The molecule has 0 aromatic heterocycles. The first-order valence-electron chi connectivity index (χ1n) is 7.63. The number of fused-ring (bicyclic) bond motifs is 1. The molecule has 4 N–H and O–H groups in total. The number of benzene rings is 1. The zero-order valence-corrected chi connectivity index (χ0v) is 13.2. The van der Waals surface area contributed by atoms with Crippen LogP contribution in [-0.4, -0.2) is 22.1 Å². The Labute approximate surface area is 136 Å². The summed E-state index contributed by atoms with van der Waals surface area (Å²) in [6.07, 6.45) is 9.06. The van der Waals surface area contributed by atoms with Gasteiger partial charge in [0.1, 0.15) is 5.82 Å². The number of nitrogens with one attached hydrogen (secondary N) is 2. The number of allylic oxidation sites excluding steroid dienone is 4. The lowest BCUT2D eigenvalue weighted by Gasteiger charge is -2.30. The molecule has 2 heterocycles. The Bertz CT molecular complexity index is 703. The van der Waals surface area contributed by atoms with Crippen molar-refractivity contribution in [2.75, 3.05) is 5.32 Å². The van der Waals surface area contributed by atoms with Crippen molar-refractivity contribution in [3.63, 3.8) is 0 Å². The van der Waals surface area contributed by atoms with Gasteiger partial charge in [0, 0.05) is 29.2 Å². The van der Waals surface area contributed by atoms with Crippen LogP contribution in [0.25, 0.3) is 0 Å². The minimum atomic E-state index is -1.61. The molecule has 0 fully saturated rings. The van der Waals surface area contributed by atoms with Gasteiger partial charge in [0.15, 0.2) is 0 Å². The van der Waals surface area contributed by atoms with E-state index in [4.69, 9.17) is 0 Å². The van der Waals surface area contributed by atoms with E-state index in [0.29, 0.717) is 11.7 Å². The van der Waals surface area contributed by atoms with Gasteiger partial charge in [-0.2, -0.15) is 0 Å². The van der Waals surface area contributed by atoms with Gasteiger partial charge in [0.2, 0.25) is 0 Å². The van der Waals surface area contributed by atoms with Crippen LogP contribution in [0.2, 0.25) is 0 Å². The molecular formula is C17H20BN3O2. The highest BCUT2D eigenvalue weighted by Crippen LogP contribution is 2.29. The van der Waals surface area contributed by atoms with E-state index >= 15 is 0 Å². The summed E-state index contributed by atoms with van der Waals surface area (Å²) in [6, 6.07) is 8.14. The van der Waals surface area contributed by atoms with Gasteiger partial charge in [0.05, 0.1) is 0 Å². The van der Waals surface area contributed by atoms with E-state index in [1.807, 2.05) is 36.7 Å². The summed E-state index contributed by atoms with van der Waals surface area (Å²) in [5, 5.41) is 25.6. The van der Waals surface area contributed by atoms with E-state index in [1.165, 1.54) is 10.4 Å². The summed E-state index contributed by atoms with van der Waals surface area (Å²) in [6.45, 7) is 4.30. The van der Waals surface area contributed by atoms with Crippen LogP contribution in [0.1, 0.15) is 25.3 Å². The smallest absolute Gasteiger partial charge is 0.407 e. The quantitative estimate of drug-likeness (QED) is 0.642. The number of rotatable bonds is 4. The van der Waals surface area contributed by atoms with Crippen LogP contribution in [0.5, 0.6) is 0 Å². The molecule has 0 radical (unpaired) electrons. The SMILES string of the molecule is CC(C)c1ccc(NC2=C3C=CNC=C3C=CN2B(O)O)cc1. The van der Waals surface area contributed by atoms with Crippen molar-refractivity contribution in [1.29, 1.82) is 0 Å². The fraction of sp³-hybridized carbons (Fsp3) is 0.176. The van der Waals surface area contributed by atoms with Gasteiger partial charge in [-0.05, 0) is 42.0 Å². The van der Waals surface area contributed by atoms with Crippen molar-refractivity contribution >= 4 is 12.9 Å². The van der Waals surface area contributed by atoms with Crippen molar-refractivity contribution in [3.05, 3.63) is 77.5 Å². The van der Waals surface area contributed by atoms with Crippen LogP contribution in [-0.2, 0) is 0 Å². The second kappa shape index (κ2) is 6.36. The van der Waals surface area contributed by atoms with E-state index in [9.17, 15) is 10.0 Å². The third-order valence-electron chi connectivity index (χ3n) is 3.91. The number of anilines is 1. The highest BCUT2D eigenvalue weighted by Gasteiger charge is 2.27. The molecule has 0 saturated carbocycles. The van der Waals surface area contributed by atoms with Gasteiger partial charge in [-0.25, -0.2) is 0 Å². The normalized spacial score (nSPS) is 16.2. The van der Waals surface area contributed by atoms with E-state index < -0.39 is 7.25 Å². The summed E-state index contributed by atoms with van der Waals surface area (Å²) in [4.78, 5) is 1.39. The van der Waals surface area contributed by atoms with Gasteiger partial charge in [-0.3, -0.25) is 0 Å². The highest BCUT2D eigenvalue weighted by molar-refractivity contribution is 6.38. The lowest BCUT2D eigenvalue weighted by Crippen LogP contribution is -2.39. The van der Waals surface area contributed by atoms with Crippen LogP contribution in [0.15, 0.2) is 72.0 Å². The van der Waals surface area contributed by atoms with Crippen molar-refractivity contribution in [2.24, 2.45) is 0 Å². The van der Waals surface area contributed by atoms with Crippen LogP contribution < -0.4 is 10.6 Å². The molecule has 1 aromatic rings. The summed E-state index contributed by atoms with van der Waals surface area (Å²) in [5.41, 5.74) is 4.03. The molecule has 0 spiro atoms. The van der Waals surface area contributed by atoms with Gasteiger partial charge >= 0.3 is 7.25 Å². The Morgan fingerprint density at radius 1 is 1.13 bits per heavy atom. The van der Waals surface area contributed by atoms with Crippen LogP contribution in [0.4, 0.5) is 5.69 Å². The predicted octanol–water partition coefficient (Wildman–Crippen LogP) is 2.23. The number of dihydropyridines is 1. The molecule has 0 aliphatic carbocycles.